The molecule has 1 aliphatic rings. The first-order valence-corrected chi connectivity index (χ1v) is 7.36. The van der Waals surface area contributed by atoms with Gasteiger partial charge in [-0.1, -0.05) is 6.92 Å². The summed E-state index contributed by atoms with van der Waals surface area (Å²) in [5.41, 5.74) is 1.34. The van der Waals surface area contributed by atoms with E-state index in [0.717, 1.165) is 38.2 Å². The van der Waals surface area contributed by atoms with Crippen molar-refractivity contribution in [1.29, 1.82) is 0 Å². The van der Waals surface area contributed by atoms with Crippen molar-refractivity contribution in [2.45, 2.75) is 26.2 Å². The largest absolute Gasteiger partial charge is 0.381 e. The Morgan fingerprint density at radius 3 is 2.83 bits per heavy atom. The molecule has 18 heavy (non-hydrogen) atoms. The molecule has 3 nitrogen and oxygen atoms in total. The second-order valence-corrected chi connectivity index (χ2v) is 6.26. The van der Waals surface area contributed by atoms with Crippen molar-refractivity contribution < 1.29 is 9.53 Å². The van der Waals surface area contributed by atoms with Crippen LogP contribution in [0.1, 0.15) is 25.3 Å². The van der Waals surface area contributed by atoms with Gasteiger partial charge in [-0.2, -0.15) is 11.3 Å². The summed E-state index contributed by atoms with van der Waals surface area (Å²) >= 11 is 1.64. The van der Waals surface area contributed by atoms with Crippen LogP contribution in [0.5, 0.6) is 0 Å². The van der Waals surface area contributed by atoms with Crippen molar-refractivity contribution in [3.63, 3.8) is 0 Å². The van der Waals surface area contributed by atoms with Gasteiger partial charge >= 0.3 is 0 Å². The molecule has 0 aliphatic carbocycles. The van der Waals surface area contributed by atoms with Gasteiger partial charge < -0.3 is 9.64 Å². The molecular formula is C14H21NO2S. The van der Waals surface area contributed by atoms with Gasteiger partial charge in [0.05, 0.1) is 6.42 Å². The number of amides is 1. The molecule has 0 unspecified atom stereocenters. The van der Waals surface area contributed by atoms with E-state index in [0.29, 0.717) is 6.42 Å². The summed E-state index contributed by atoms with van der Waals surface area (Å²) in [5.74, 6) is 0.209. The molecule has 1 saturated heterocycles. The van der Waals surface area contributed by atoms with Gasteiger partial charge in [0.2, 0.25) is 5.91 Å². The Balaban J connectivity index is 1.86. The highest BCUT2D eigenvalue weighted by Crippen LogP contribution is 2.30. The smallest absolute Gasteiger partial charge is 0.226 e. The average molecular weight is 267 g/mol. The lowest BCUT2D eigenvalue weighted by Gasteiger charge is -2.36. The number of nitrogens with zero attached hydrogens (tertiary/aromatic N) is 1. The Morgan fingerprint density at radius 2 is 2.22 bits per heavy atom. The molecule has 0 atom stereocenters. The Morgan fingerprint density at radius 1 is 1.50 bits per heavy atom. The molecule has 2 rings (SSSR count). The predicted octanol–water partition coefficient (Wildman–Crippen LogP) is 2.57. The molecular weight excluding hydrogens is 246 g/mol. The Hall–Kier alpha value is -0.870. The van der Waals surface area contributed by atoms with E-state index < -0.39 is 0 Å². The first kappa shape index (κ1) is 13.6. The van der Waals surface area contributed by atoms with Crippen molar-refractivity contribution in [3.05, 3.63) is 22.4 Å². The molecule has 0 bridgehead atoms. The van der Waals surface area contributed by atoms with Crippen molar-refractivity contribution in [3.8, 4) is 0 Å². The molecule has 1 amide bonds. The van der Waals surface area contributed by atoms with Gasteiger partial charge in [0.15, 0.2) is 0 Å². The fourth-order valence-corrected chi connectivity index (χ4v) is 3.05. The number of likely N-dealkylation sites (N-methyl/N-ethyl adjacent to an activating group) is 1. The van der Waals surface area contributed by atoms with Gasteiger partial charge in [0.25, 0.3) is 0 Å². The lowest BCUT2D eigenvalue weighted by molar-refractivity contribution is -0.131. The minimum absolute atomic E-state index is 0.209. The molecule has 0 N–H and O–H groups in total. The lowest BCUT2D eigenvalue weighted by Crippen LogP contribution is -2.41. The maximum absolute atomic E-state index is 12.1. The van der Waals surface area contributed by atoms with Crippen LogP contribution in [0.25, 0.3) is 0 Å². The predicted molar refractivity (Wildman–Crippen MR) is 73.8 cm³/mol. The van der Waals surface area contributed by atoms with Crippen molar-refractivity contribution in [1.82, 2.24) is 4.90 Å². The number of rotatable bonds is 4. The third kappa shape index (κ3) is 3.56. The van der Waals surface area contributed by atoms with E-state index in [1.54, 1.807) is 11.3 Å². The molecule has 1 aromatic rings. The molecule has 4 heteroatoms. The molecule has 1 aliphatic heterocycles. The van der Waals surface area contributed by atoms with Crippen LogP contribution >= 0.6 is 11.3 Å². The van der Waals surface area contributed by atoms with Crippen LogP contribution < -0.4 is 0 Å². The standard InChI is InChI=1S/C14H21NO2S/c1-14(4-6-17-7-5-14)11-15(2)13(16)9-12-3-8-18-10-12/h3,8,10H,4-7,9,11H2,1-2H3. The normalized spacial score (nSPS) is 18.6. The van der Waals surface area contributed by atoms with E-state index >= 15 is 0 Å². The van der Waals surface area contributed by atoms with Crippen LogP contribution in [-0.4, -0.2) is 37.6 Å². The number of hydrogen-bond donors (Lipinski definition) is 0. The Bertz CT molecular complexity index is 383. The molecule has 100 valence electrons. The van der Waals surface area contributed by atoms with Crippen LogP contribution in [0, 0.1) is 5.41 Å². The minimum atomic E-state index is 0.209. The van der Waals surface area contributed by atoms with E-state index in [9.17, 15) is 4.79 Å². The second-order valence-electron chi connectivity index (χ2n) is 5.48. The third-order valence-electron chi connectivity index (χ3n) is 3.68. The number of ether oxygens (including phenoxy) is 1. The molecule has 2 heterocycles. The fraction of sp³-hybridized carbons (Fsp3) is 0.643. The van der Waals surface area contributed by atoms with Gasteiger partial charge in [-0.3, -0.25) is 4.79 Å². The second kappa shape index (κ2) is 5.85. The zero-order valence-electron chi connectivity index (χ0n) is 11.1. The summed E-state index contributed by atoms with van der Waals surface area (Å²) in [4.78, 5) is 14.0. The molecule has 0 saturated carbocycles. The summed E-state index contributed by atoms with van der Waals surface area (Å²) in [6.45, 7) is 4.73. The maximum atomic E-state index is 12.1. The van der Waals surface area contributed by atoms with Crippen LogP contribution in [-0.2, 0) is 16.0 Å². The molecule has 0 spiro atoms. The van der Waals surface area contributed by atoms with Crippen LogP contribution in [0.4, 0.5) is 0 Å². The number of hydrogen-bond acceptors (Lipinski definition) is 3. The average Bonchev–Trinajstić information content (AvgIpc) is 2.82. The van der Waals surface area contributed by atoms with Crippen molar-refractivity contribution in [2.75, 3.05) is 26.8 Å². The molecule has 0 radical (unpaired) electrons. The lowest BCUT2D eigenvalue weighted by atomic mass is 9.82. The summed E-state index contributed by atoms with van der Waals surface area (Å²) in [5, 5.41) is 4.06. The maximum Gasteiger partial charge on any atom is 0.226 e. The van der Waals surface area contributed by atoms with Crippen LogP contribution in [0.3, 0.4) is 0 Å². The van der Waals surface area contributed by atoms with E-state index in [4.69, 9.17) is 4.74 Å². The Labute approximate surface area is 113 Å². The highest BCUT2D eigenvalue weighted by Gasteiger charge is 2.29. The summed E-state index contributed by atoms with van der Waals surface area (Å²) in [7, 11) is 1.91. The molecule has 1 aromatic heterocycles. The van der Waals surface area contributed by atoms with E-state index in [1.165, 1.54) is 0 Å². The number of thiophene rings is 1. The summed E-state index contributed by atoms with van der Waals surface area (Å²) in [6, 6.07) is 2.02. The molecule has 1 fully saturated rings. The van der Waals surface area contributed by atoms with E-state index in [2.05, 4.69) is 6.92 Å². The summed E-state index contributed by atoms with van der Waals surface area (Å²) < 4.78 is 5.39. The fourth-order valence-electron chi connectivity index (χ4n) is 2.39. The monoisotopic (exact) mass is 267 g/mol. The van der Waals surface area contributed by atoms with Crippen LogP contribution in [0.2, 0.25) is 0 Å². The number of carbonyl (C=O) groups excluding carboxylic acids is 1. The van der Waals surface area contributed by atoms with Gasteiger partial charge in [0.1, 0.15) is 0 Å². The van der Waals surface area contributed by atoms with Gasteiger partial charge in [-0.15, -0.1) is 0 Å². The van der Waals surface area contributed by atoms with Crippen molar-refractivity contribution in [2.24, 2.45) is 5.41 Å². The highest BCUT2D eigenvalue weighted by atomic mass is 32.1. The first-order valence-electron chi connectivity index (χ1n) is 6.42. The highest BCUT2D eigenvalue weighted by molar-refractivity contribution is 7.07. The van der Waals surface area contributed by atoms with Crippen LogP contribution in [0.15, 0.2) is 16.8 Å². The molecule has 0 aromatic carbocycles. The number of carbonyl (C=O) groups is 1. The minimum Gasteiger partial charge on any atom is -0.381 e. The third-order valence-corrected chi connectivity index (χ3v) is 4.41. The first-order chi connectivity index (χ1) is 8.59. The van der Waals surface area contributed by atoms with E-state index in [1.807, 2.05) is 28.8 Å². The zero-order valence-corrected chi connectivity index (χ0v) is 12.0. The van der Waals surface area contributed by atoms with Gasteiger partial charge in [0, 0.05) is 26.8 Å². The summed E-state index contributed by atoms with van der Waals surface area (Å²) in [6.07, 6.45) is 2.61. The van der Waals surface area contributed by atoms with E-state index in [-0.39, 0.29) is 11.3 Å². The van der Waals surface area contributed by atoms with Gasteiger partial charge in [-0.25, -0.2) is 0 Å². The SMILES string of the molecule is CN(CC1(C)CCOCC1)C(=O)Cc1ccsc1. The van der Waals surface area contributed by atoms with Gasteiger partial charge in [-0.05, 0) is 40.6 Å². The van der Waals surface area contributed by atoms with Crippen molar-refractivity contribution >= 4 is 17.2 Å². The zero-order chi connectivity index (χ0) is 13.0. The Kier molecular flexibility index (Phi) is 4.40. The topological polar surface area (TPSA) is 29.5 Å². The quantitative estimate of drug-likeness (QED) is 0.839.